The molecule has 0 saturated heterocycles. The minimum absolute atomic E-state index is 0.101. The molecule has 1 amide bonds. The Kier molecular flexibility index (Phi) is 3.57. The molecule has 1 heterocycles. The van der Waals surface area contributed by atoms with Crippen molar-refractivity contribution in [2.75, 3.05) is 13.7 Å². The second kappa shape index (κ2) is 5.01. The second-order valence-corrected chi connectivity index (χ2v) is 4.81. The smallest absolute Gasteiger partial charge is 0.270 e. The molecule has 0 aliphatic carbocycles. The predicted molar refractivity (Wildman–Crippen MR) is 71.6 cm³/mol. The third-order valence-corrected chi connectivity index (χ3v) is 3.39. The van der Waals surface area contributed by atoms with Gasteiger partial charge < -0.3 is 15.0 Å². The Morgan fingerprint density at radius 1 is 1.47 bits per heavy atom. The largest absolute Gasteiger partial charge is 0.394 e. The highest BCUT2D eigenvalue weighted by Gasteiger charge is 2.19. The number of nitrogens with zero attached hydrogens (tertiary/aromatic N) is 1. The van der Waals surface area contributed by atoms with Crippen LogP contribution in [0.15, 0.2) is 18.2 Å². The van der Waals surface area contributed by atoms with Crippen LogP contribution in [-0.4, -0.2) is 40.6 Å². The van der Waals surface area contributed by atoms with Crippen molar-refractivity contribution in [3.05, 3.63) is 35.3 Å². The van der Waals surface area contributed by atoms with E-state index in [9.17, 15) is 9.18 Å². The molecule has 2 N–H and O–H groups in total. The standard InChI is InChI=1S/C14H17FN2O2/c1-8-4-10(15)5-12-11(8)6-13(16-12)14(19)17(3)9(2)7-18/h4-6,9,16,18H,7H2,1-3H3. The summed E-state index contributed by atoms with van der Waals surface area (Å²) in [6.45, 7) is 3.45. The number of aromatic nitrogens is 1. The SMILES string of the molecule is Cc1cc(F)cc2[nH]c(C(=O)N(C)C(C)CO)cc12. The van der Waals surface area contributed by atoms with Gasteiger partial charge in [-0.25, -0.2) is 4.39 Å². The van der Waals surface area contributed by atoms with Crippen molar-refractivity contribution < 1.29 is 14.3 Å². The molecule has 1 unspecified atom stereocenters. The molecular weight excluding hydrogens is 247 g/mol. The van der Waals surface area contributed by atoms with Crippen molar-refractivity contribution in [1.82, 2.24) is 9.88 Å². The van der Waals surface area contributed by atoms with Gasteiger partial charge in [-0.2, -0.15) is 0 Å². The molecule has 0 bridgehead atoms. The number of amides is 1. The quantitative estimate of drug-likeness (QED) is 0.891. The van der Waals surface area contributed by atoms with Crippen molar-refractivity contribution in [3.63, 3.8) is 0 Å². The van der Waals surface area contributed by atoms with Crippen LogP contribution in [0.2, 0.25) is 0 Å². The molecule has 4 nitrogen and oxygen atoms in total. The molecule has 5 heteroatoms. The van der Waals surface area contributed by atoms with Gasteiger partial charge in [-0.15, -0.1) is 0 Å². The monoisotopic (exact) mass is 264 g/mol. The zero-order chi connectivity index (χ0) is 14.2. The van der Waals surface area contributed by atoms with Crippen molar-refractivity contribution >= 4 is 16.8 Å². The van der Waals surface area contributed by atoms with E-state index in [1.807, 2.05) is 0 Å². The van der Waals surface area contributed by atoms with Gasteiger partial charge in [-0.3, -0.25) is 4.79 Å². The van der Waals surface area contributed by atoms with Gasteiger partial charge in [0.1, 0.15) is 11.5 Å². The van der Waals surface area contributed by atoms with E-state index in [4.69, 9.17) is 5.11 Å². The number of carbonyl (C=O) groups excluding carboxylic acids is 1. The van der Waals surface area contributed by atoms with E-state index in [0.717, 1.165) is 10.9 Å². The average Bonchev–Trinajstić information content (AvgIpc) is 2.80. The van der Waals surface area contributed by atoms with E-state index < -0.39 is 0 Å². The molecule has 1 aromatic heterocycles. The fourth-order valence-corrected chi connectivity index (χ4v) is 2.00. The fraction of sp³-hybridized carbons (Fsp3) is 0.357. The van der Waals surface area contributed by atoms with E-state index in [0.29, 0.717) is 11.2 Å². The minimum Gasteiger partial charge on any atom is -0.394 e. The van der Waals surface area contributed by atoms with E-state index in [1.165, 1.54) is 17.0 Å². The molecule has 0 aliphatic rings. The Balaban J connectivity index is 2.41. The topological polar surface area (TPSA) is 56.3 Å². The Labute approximate surface area is 110 Å². The number of nitrogens with one attached hydrogen (secondary N) is 1. The predicted octanol–water partition coefficient (Wildman–Crippen LogP) is 2.07. The van der Waals surface area contributed by atoms with Gasteiger partial charge in [-0.05, 0) is 37.6 Å². The fourth-order valence-electron chi connectivity index (χ4n) is 2.00. The number of H-pyrrole nitrogens is 1. The summed E-state index contributed by atoms with van der Waals surface area (Å²) in [7, 11) is 1.63. The number of likely N-dealkylation sites (N-methyl/N-ethyl adjacent to an activating group) is 1. The molecule has 2 aromatic rings. The summed E-state index contributed by atoms with van der Waals surface area (Å²) in [6, 6.07) is 4.25. The Morgan fingerprint density at radius 2 is 2.16 bits per heavy atom. The number of fused-ring (bicyclic) bond motifs is 1. The summed E-state index contributed by atoms with van der Waals surface area (Å²) < 4.78 is 13.3. The summed E-state index contributed by atoms with van der Waals surface area (Å²) in [5.41, 5.74) is 1.78. The van der Waals surface area contributed by atoms with E-state index in [-0.39, 0.29) is 24.4 Å². The third-order valence-electron chi connectivity index (χ3n) is 3.39. The van der Waals surface area contributed by atoms with Gasteiger partial charge in [0, 0.05) is 18.0 Å². The van der Waals surface area contributed by atoms with Crippen LogP contribution >= 0.6 is 0 Å². The van der Waals surface area contributed by atoms with Crippen LogP contribution in [0.5, 0.6) is 0 Å². The summed E-state index contributed by atoms with van der Waals surface area (Å²) in [6.07, 6.45) is 0. The number of aliphatic hydroxyl groups is 1. The third kappa shape index (κ3) is 2.46. The van der Waals surface area contributed by atoms with Crippen LogP contribution in [0.25, 0.3) is 10.9 Å². The van der Waals surface area contributed by atoms with E-state index >= 15 is 0 Å². The number of benzene rings is 1. The first kappa shape index (κ1) is 13.5. The van der Waals surface area contributed by atoms with Gasteiger partial charge in [0.25, 0.3) is 5.91 Å². The van der Waals surface area contributed by atoms with E-state index in [1.54, 1.807) is 27.0 Å². The normalized spacial score (nSPS) is 12.7. The summed E-state index contributed by atoms with van der Waals surface area (Å²) >= 11 is 0. The Morgan fingerprint density at radius 3 is 2.79 bits per heavy atom. The lowest BCUT2D eigenvalue weighted by Crippen LogP contribution is -2.37. The lowest BCUT2D eigenvalue weighted by molar-refractivity contribution is 0.0677. The van der Waals surface area contributed by atoms with Crippen molar-refractivity contribution in [2.45, 2.75) is 19.9 Å². The number of hydrogen-bond acceptors (Lipinski definition) is 2. The molecule has 2 rings (SSSR count). The van der Waals surface area contributed by atoms with Crippen molar-refractivity contribution in [1.29, 1.82) is 0 Å². The summed E-state index contributed by atoms with van der Waals surface area (Å²) in [5.74, 6) is -0.555. The molecule has 0 radical (unpaired) electrons. The van der Waals surface area contributed by atoms with Crippen LogP contribution in [0.3, 0.4) is 0 Å². The first-order valence-corrected chi connectivity index (χ1v) is 6.11. The zero-order valence-electron chi connectivity index (χ0n) is 11.2. The van der Waals surface area contributed by atoms with Gasteiger partial charge in [0.15, 0.2) is 0 Å². The number of halogens is 1. The van der Waals surface area contributed by atoms with Crippen LogP contribution in [-0.2, 0) is 0 Å². The highest BCUT2D eigenvalue weighted by Crippen LogP contribution is 2.22. The van der Waals surface area contributed by atoms with Crippen molar-refractivity contribution in [3.8, 4) is 0 Å². The van der Waals surface area contributed by atoms with Crippen LogP contribution in [0, 0.1) is 12.7 Å². The van der Waals surface area contributed by atoms with Gasteiger partial charge in [-0.1, -0.05) is 0 Å². The molecule has 102 valence electrons. The highest BCUT2D eigenvalue weighted by molar-refractivity contribution is 5.98. The lowest BCUT2D eigenvalue weighted by atomic mass is 10.1. The maximum absolute atomic E-state index is 13.3. The van der Waals surface area contributed by atoms with Crippen LogP contribution in [0.1, 0.15) is 23.0 Å². The molecule has 19 heavy (non-hydrogen) atoms. The number of carbonyl (C=O) groups is 1. The number of hydrogen-bond donors (Lipinski definition) is 2. The molecular formula is C14H17FN2O2. The van der Waals surface area contributed by atoms with Crippen LogP contribution < -0.4 is 0 Å². The first-order valence-electron chi connectivity index (χ1n) is 6.11. The first-order chi connectivity index (χ1) is 8.93. The lowest BCUT2D eigenvalue weighted by Gasteiger charge is -2.22. The maximum atomic E-state index is 13.3. The highest BCUT2D eigenvalue weighted by atomic mass is 19.1. The van der Waals surface area contributed by atoms with Gasteiger partial charge in [0.2, 0.25) is 0 Å². The molecule has 0 fully saturated rings. The minimum atomic E-state index is -0.331. The molecule has 0 spiro atoms. The summed E-state index contributed by atoms with van der Waals surface area (Å²) in [5, 5.41) is 9.90. The number of aromatic amines is 1. The average molecular weight is 264 g/mol. The molecule has 0 aliphatic heterocycles. The van der Waals surface area contributed by atoms with Gasteiger partial charge >= 0.3 is 0 Å². The van der Waals surface area contributed by atoms with E-state index in [2.05, 4.69) is 4.98 Å². The van der Waals surface area contributed by atoms with Crippen LogP contribution in [0.4, 0.5) is 4.39 Å². The number of aryl methyl sites for hydroxylation is 1. The molecule has 1 aromatic carbocycles. The number of rotatable bonds is 3. The number of aliphatic hydroxyl groups excluding tert-OH is 1. The van der Waals surface area contributed by atoms with Crippen molar-refractivity contribution in [2.24, 2.45) is 0 Å². The van der Waals surface area contributed by atoms with Gasteiger partial charge in [0.05, 0.1) is 12.6 Å². The maximum Gasteiger partial charge on any atom is 0.270 e. The molecule has 1 atom stereocenters. The summed E-state index contributed by atoms with van der Waals surface area (Å²) in [4.78, 5) is 16.6. The Bertz CT molecular complexity index is 621. The Hall–Kier alpha value is -1.88. The zero-order valence-corrected chi connectivity index (χ0v) is 11.2. The molecule has 0 saturated carbocycles. The second-order valence-electron chi connectivity index (χ2n) is 4.81.